The van der Waals surface area contributed by atoms with Crippen LogP contribution in [0.15, 0.2) is 18.2 Å². The van der Waals surface area contributed by atoms with Gasteiger partial charge in [0.05, 0.1) is 14.2 Å². The number of hydrazine groups is 1. The van der Waals surface area contributed by atoms with Crippen LogP contribution in [0.25, 0.3) is 0 Å². The molecule has 18 heavy (non-hydrogen) atoms. The lowest BCUT2D eigenvalue weighted by atomic mass is 10.1. The van der Waals surface area contributed by atoms with Crippen LogP contribution >= 0.6 is 0 Å². The van der Waals surface area contributed by atoms with Crippen LogP contribution in [0.1, 0.15) is 24.8 Å². The molecular formula is C14H22N2O2. The SMILES string of the molecule is COc1cc(CNN2CCCCC2)cc(OC)c1. The summed E-state index contributed by atoms with van der Waals surface area (Å²) in [6.45, 7) is 3.09. The van der Waals surface area contributed by atoms with Crippen LogP contribution in [0.5, 0.6) is 11.5 Å². The minimum Gasteiger partial charge on any atom is -0.497 e. The maximum absolute atomic E-state index is 5.27. The maximum atomic E-state index is 5.27. The van der Waals surface area contributed by atoms with E-state index >= 15 is 0 Å². The second-order valence-electron chi connectivity index (χ2n) is 4.60. The summed E-state index contributed by atoms with van der Waals surface area (Å²) < 4.78 is 10.5. The fraction of sp³-hybridized carbons (Fsp3) is 0.571. The Labute approximate surface area is 109 Å². The van der Waals surface area contributed by atoms with Crippen LogP contribution in [0.3, 0.4) is 0 Å². The third-order valence-electron chi connectivity index (χ3n) is 3.27. The fourth-order valence-corrected chi connectivity index (χ4v) is 2.22. The Kier molecular flexibility index (Phi) is 4.84. The van der Waals surface area contributed by atoms with Crippen LogP contribution in [0, 0.1) is 0 Å². The summed E-state index contributed by atoms with van der Waals surface area (Å²) >= 11 is 0. The lowest BCUT2D eigenvalue weighted by molar-refractivity contribution is 0.151. The third-order valence-corrected chi connectivity index (χ3v) is 3.27. The number of ether oxygens (including phenoxy) is 2. The highest BCUT2D eigenvalue weighted by Crippen LogP contribution is 2.22. The van der Waals surface area contributed by atoms with Crippen molar-refractivity contribution < 1.29 is 9.47 Å². The van der Waals surface area contributed by atoms with Gasteiger partial charge >= 0.3 is 0 Å². The first kappa shape index (κ1) is 13.2. The standard InChI is InChI=1S/C14H22N2O2/c1-17-13-8-12(9-14(10-13)18-2)11-15-16-6-4-3-5-7-16/h8-10,15H,3-7,11H2,1-2H3. The second-order valence-corrected chi connectivity index (χ2v) is 4.60. The summed E-state index contributed by atoms with van der Waals surface area (Å²) in [7, 11) is 3.35. The molecule has 2 rings (SSSR count). The molecule has 1 heterocycles. The largest absolute Gasteiger partial charge is 0.497 e. The van der Waals surface area contributed by atoms with E-state index in [1.54, 1.807) is 14.2 Å². The first-order chi connectivity index (χ1) is 8.81. The van der Waals surface area contributed by atoms with Crippen molar-refractivity contribution >= 4 is 0 Å². The molecule has 1 aromatic rings. The summed E-state index contributed by atoms with van der Waals surface area (Å²) in [5, 5.41) is 2.30. The van der Waals surface area contributed by atoms with Crippen LogP contribution in [-0.4, -0.2) is 32.3 Å². The van der Waals surface area contributed by atoms with Crippen LogP contribution in [-0.2, 0) is 6.54 Å². The van der Waals surface area contributed by atoms with E-state index in [2.05, 4.69) is 10.4 Å². The lowest BCUT2D eigenvalue weighted by Crippen LogP contribution is -2.41. The summed E-state index contributed by atoms with van der Waals surface area (Å²) in [6.07, 6.45) is 3.92. The van der Waals surface area contributed by atoms with Crippen molar-refractivity contribution in [2.45, 2.75) is 25.8 Å². The molecule has 0 saturated carbocycles. The van der Waals surface area contributed by atoms with Gasteiger partial charge in [-0.05, 0) is 30.5 Å². The molecule has 4 heteroatoms. The Morgan fingerprint density at radius 1 is 1.00 bits per heavy atom. The van der Waals surface area contributed by atoms with Gasteiger partial charge in [0.15, 0.2) is 0 Å². The highest BCUT2D eigenvalue weighted by Gasteiger charge is 2.09. The number of rotatable bonds is 5. The minimum absolute atomic E-state index is 0.813. The normalized spacial score (nSPS) is 16.6. The molecule has 1 aliphatic rings. The molecule has 1 saturated heterocycles. The molecule has 0 spiro atoms. The molecule has 1 aromatic carbocycles. The molecule has 1 aliphatic heterocycles. The monoisotopic (exact) mass is 250 g/mol. The van der Waals surface area contributed by atoms with Gasteiger partial charge in [-0.1, -0.05) is 6.42 Å². The van der Waals surface area contributed by atoms with Gasteiger partial charge in [-0.3, -0.25) is 5.43 Å². The quantitative estimate of drug-likeness (QED) is 0.868. The van der Waals surface area contributed by atoms with Gasteiger partial charge in [-0.2, -0.15) is 0 Å². The molecule has 100 valence electrons. The molecule has 0 bridgehead atoms. The van der Waals surface area contributed by atoms with E-state index in [0.29, 0.717) is 0 Å². The van der Waals surface area contributed by atoms with Crippen molar-refractivity contribution in [1.29, 1.82) is 0 Å². The van der Waals surface area contributed by atoms with Gasteiger partial charge in [-0.25, -0.2) is 5.01 Å². The van der Waals surface area contributed by atoms with Crippen LogP contribution < -0.4 is 14.9 Å². The van der Waals surface area contributed by atoms with Crippen LogP contribution in [0.2, 0.25) is 0 Å². The van der Waals surface area contributed by atoms with Gasteiger partial charge in [0, 0.05) is 25.7 Å². The highest BCUT2D eigenvalue weighted by atomic mass is 16.5. The average Bonchev–Trinajstić information content (AvgIpc) is 2.45. The second kappa shape index (κ2) is 6.61. The Morgan fingerprint density at radius 2 is 1.61 bits per heavy atom. The molecule has 0 amide bonds. The van der Waals surface area contributed by atoms with E-state index in [1.165, 1.54) is 24.8 Å². The Bertz CT molecular complexity index is 354. The fourth-order valence-electron chi connectivity index (χ4n) is 2.22. The van der Waals surface area contributed by atoms with Crippen molar-refractivity contribution in [3.05, 3.63) is 23.8 Å². The van der Waals surface area contributed by atoms with E-state index in [-0.39, 0.29) is 0 Å². The Morgan fingerprint density at radius 3 is 2.17 bits per heavy atom. The summed E-state index contributed by atoms with van der Waals surface area (Å²) in [4.78, 5) is 0. The van der Waals surface area contributed by atoms with E-state index < -0.39 is 0 Å². The molecule has 0 aromatic heterocycles. The Hall–Kier alpha value is -1.26. The summed E-state index contributed by atoms with van der Waals surface area (Å²) in [6, 6.07) is 5.98. The van der Waals surface area contributed by atoms with E-state index in [4.69, 9.17) is 9.47 Å². The zero-order valence-corrected chi connectivity index (χ0v) is 11.2. The van der Waals surface area contributed by atoms with E-state index in [1.807, 2.05) is 18.2 Å². The minimum atomic E-state index is 0.813. The molecule has 1 N–H and O–H groups in total. The smallest absolute Gasteiger partial charge is 0.122 e. The number of piperidine rings is 1. The highest BCUT2D eigenvalue weighted by molar-refractivity contribution is 5.38. The molecule has 0 atom stereocenters. The number of methoxy groups -OCH3 is 2. The van der Waals surface area contributed by atoms with E-state index in [9.17, 15) is 0 Å². The maximum Gasteiger partial charge on any atom is 0.122 e. The molecular weight excluding hydrogens is 228 g/mol. The van der Waals surface area contributed by atoms with Crippen molar-refractivity contribution in [1.82, 2.24) is 10.4 Å². The van der Waals surface area contributed by atoms with Gasteiger partial charge in [-0.15, -0.1) is 0 Å². The number of hydrogen-bond acceptors (Lipinski definition) is 4. The molecule has 4 nitrogen and oxygen atoms in total. The number of nitrogens with one attached hydrogen (secondary N) is 1. The predicted octanol–water partition coefficient (Wildman–Crippen LogP) is 2.19. The predicted molar refractivity (Wildman–Crippen MR) is 71.8 cm³/mol. The van der Waals surface area contributed by atoms with Gasteiger partial charge in [0.1, 0.15) is 11.5 Å². The Balaban J connectivity index is 1.94. The molecule has 1 fully saturated rings. The van der Waals surface area contributed by atoms with Gasteiger partial charge in [0.25, 0.3) is 0 Å². The van der Waals surface area contributed by atoms with Gasteiger partial charge < -0.3 is 9.47 Å². The van der Waals surface area contributed by atoms with Crippen molar-refractivity contribution in [2.75, 3.05) is 27.3 Å². The first-order valence-corrected chi connectivity index (χ1v) is 6.52. The third kappa shape index (κ3) is 3.62. The van der Waals surface area contributed by atoms with Crippen molar-refractivity contribution in [3.63, 3.8) is 0 Å². The zero-order valence-electron chi connectivity index (χ0n) is 11.2. The summed E-state index contributed by atoms with van der Waals surface area (Å²) in [5.41, 5.74) is 4.64. The zero-order chi connectivity index (χ0) is 12.8. The molecule has 0 unspecified atom stereocenters. The lowest BCUT2D eigenvalue weighted by Gasteiger charge is -2.27. The van der Waals surface area contributed by atoms with Crippen molar-refractivity contribution in [3.8, 4) is 11.5 Å². The number of hydrogen-bond donors (Lipinski definition) is 1. The molecule has 0 radical (unpaired) electrons. The molecule has 0 aliphatic carbocycles. The first-order valence-electron chi connectivity index (χ1n) is 6.52. The van der Waals surface area contributed by atoms with Gasteiger partial charge in [0.2, 0.25) is 0 Å². The van der Waals surface area contributed by atoms with E-state index in [0.717, 1.165) is 31.1 Å². The number of benzene rings is 1. The topological polar surface area (TPSA) is 33.7 Å². The van der Waals surface area contributed by atoms with Crippen molar-refractivity contribution in [2.24, 2.45) is 0 Å². The number of nitrogens with zero attached hydrogens (tertiary/aromatic N) is 1. The van der Waals surface area contributed by atoms with Crippen LogP contribution in [0.4, 0.5) is 0 Å². The summed E-state index contributed by atoms with van der Waals surface area (Å²) in [5.74, 6) is 1.68. The average molecular weight is 250 g/mol.